The first-order chi connectivity index (χ1) is 9.63. The highest BCUT2D eigenvalue weighted by atomic mass is 16.5. The van der Waals surface area contributed by atoms with Crippen molar-refractivity contribution < 1.29 is 19.9 Å². The summed E-state index contributed by atoms with van der Waals surface area (Å²) in [5.41, 5.74) is 2.37. The van der Waals surface area contributed by atoms with Crippen LogP contribution in [0.3, 0.4) is 0 Å². The molecule has 0 aliphatic rings. The summed E-state index contributed by atoms with van der Waals surface area (Å²) in [6, 6.07) is 9.26. The van der Waals surface area contributed by atoms with Crippen molar-refractivity contribution in [1.29, 1.82) is 0 Å². The molecule has 0 aliphatic carbocycles. The first-order valence-electron chi connectivity index (χ1n) is 6.81. The van der Waals surface area contributed by atoms with E-state index in [-0.39, 0.29) is 12.2 Å². The summed E-state index contributed by atoms with van der Waals surface area (Å²) in [6.07, 6.45) is 1.95. The van der Waals surface area contributed by atoms with Crippen LogP contribution in [0.4, 0.5) is 0 Å². The molecule has 0 radical (unpaired) electrons. The van der Waals surface area contributed by atoms with E-state index in [1.165, 1.54) is 0 Å². The predicted octanol–water partition coefficient (Wildman–Crippen LogP) is 2.14. The fourth-order valence-corrected chi connectivity index (χ4v) is 1.93. The average Bonchev–Trinajstić information content (AvgIpc) is 2.49. The van der Waals surface area contributed by atoms with E-state index < -0.39 is 12.0 Å². The number of carbonyl (C=O) groups excluding carboxylic acids is 2. The third kappa shape index (κ3) is 6.45. The number of aliphatic hydroxyl groups is 1. The van der Waals surface area contributed by atoms with Gasteiger partial charge in [-0.1, -0.05) is 30.3 Å². The van der Waals surface area contributed by atoms with E-state index in [0.29, 0.717) is 32.1 Å². The van der Waals surface area contributed by atoms with Gasteiger partial charge in [0.2, 0.25) is 5.91 Å². The lowest BCUT2D eigenvalue weighted by molar-refractivity contribution is -0.129. The minimum Gasteiger partial charge on any atom is -0.388 e. The summed E-state index contributed by atoms with van der Waals surface area (Å²) in [6.45, 7) is 0. The number of carbonyl (C=O) groups is 2. The van der Waals surface area contributed by atoms with Crippen molar-refractivity contribution in [3.8, 4) is 0 Å². The number of nitrogens with one attached hydrogen (secondary N) is 1. The SMILES string of the molecule is O=C(CCCCC(=O)NO)CCC(O)c1ccccc1. The summed E-state index contributed by atoms with van der Waals surface area (Å²) < 4.78 is 0. The summed E-state index contributed by atoms with van der Waals surface area (Å²) in [5.74, 6) is -0.346. The van der Waals surface area contributed by atoms with Crippen LogP contribution in [-0.2, 0) is 9.59 Å². The van der Waals surface area contributed by atoms with Gasteiger partial charge in [0.05, 0.1) is 6.10 Å². The van der Waals surface area contributed by atoms with Crippen molar-refractivity contribution >= 4 is 11.7 Å². The summed E-state index contributed by atoms with van der Waals surface area (Å²) in [7, 11) is 0. The highest BCUT2D eigenvalue weighted by Crippen LogP contribution is 2.18. The van der Waals surface area contributed by atoms with Crippen LogP contribution in [0.25, 0.3) is 0 Å². The Kier molecular flexibility index (Phi) is 7.54. The fourth-order valence-electron chi connectivity index (χ4n) is 1.93. The molecule has 0 bridgehead atoms. The molecule has 5 heteroatoms. The van der Waals surface area contributed by atoms with E-state index in [2.05, 4.69) is 0 Å². The van der Waals surface area contributed by atoms with Crippen molar-refractivity contribution in [3.63, 3.8) is 0 Å². The van der Waals surface area contributed by atoms with Crippen molar-refractivity contribution in [3.05, 3.63) is 35.9 Å². The molecule has 1 aromatic carbocycles. The van der Waals surface area contributed by atoms with E-state index in [0.717, 1.165) is 5.56 Å². The first-order valence-corrected chi connectivity index (χ1v) is 6.81. The molecule has 1 unspecified atom stereocenters. The van der Waals surface area contributed by atoms with Crippen LogP contribution in [0.5, 0.6) is 0 Å². The molecular weight excluding hydrogens is 258 g/mol. The summed E-state index contributed by atoms with van der Waals surface area (Å²) in [4.78, 5) is 22.4. The zero-order chi connectivity index (χ0) is 14.8. The summed E-state index contributed by atoms with van der Waals surface area (Å²) >= 11 is 0. The Labute approximate surface area is 118 Å². The Morgan fingerprint density at radius 1 is 1.05 bits per heavy atom. The van der Waals surface area contributed by atoms with Crippen LogP contribution < -0.4 is 5.48 Å². The number of amides is 1. The Hall–Kier alpha value is -1.72. The molecule has 1 amide bonds. The van der Waals surface area contributed by atoms with E-state index >= 15 is 0 Å². The number of benzene rings is 1. The molecule has 5 nitrogen and oxygen atoms in total. The lowest BCUT2D eigenvalue weighted by Crippen LogP contribution is -2.17. The number of Topliss-reactive ketones (excluding diaryl/α,β-unsaturated/α-hetero) is 1. The van der Waals surface area contributed by atoms with Gasteiger partial charge in [-0.3, -0.25) is 14.8 Å². The number of ketones is 1. The molecular formula is C15H21NO4. The lowest BCUT2D eigenvalue weighted by Gasteiger charge is -2.10. The van der Waals surface area contributed by atoms with Gasteiger partial charge in [0, 0.05) is 19.3 Å². The Bertz CT molecular complexity index is 419. The zero-order valence-corrected chi connectivity index (χ0v) is 11.4. The minimum absolute atomic E-state index is 0.0874. The van der Waals surface area contributed by atoms with Crippen molar-refractivity contribution in [2.75, 3.05) is 0 Å². The van der Waals surface area contributed by atoms with Gasteiger partial charge >= 0.3 is 0 Å². The Morgan fingerprint density at radius 2 is 1.70 bits per heavy atom. The van der Waals surface area contributed by atoms with Gasteiger partial charge < -0.3 is 5.11 Å². The second-order valence-electron chi connectivity index (χ2n) is 4.75. The summed E-state index contributed by atoms with van der Waals surface area (Å²) in [5, 5.41) is 18.2. The molecule has 0 saturated carbocycles. The predicted molar refractivity (Wildman–Crippen MR) is 74.0 cm³/mol. The van der Waals surface area contributed by atoms with Crippen LogP contribution in [0.1, 0.15) is 50.2 Å². The molecule has 0 aromatic heterocycles. The van der Waals surface area contributed by atoms with Crippen LogP contribution in [0.2, 0.25) is 0 Å². The van der Waals surface area contributed by atoms with Crippen LogP contribution >= 0.6 is 0 Å². The molecule has 0 saturated heterocycles. The molecule has 20 heavy (non-hydrogen) atoms. The normalized spacial score (nSPS) is 11.9. The molecule has 0 aliphatic heterocycles. The van der Waals surface area contributed by atoms with Gasteiger partial charge in [-0.2, -0.15) is 0 Å². The second kappa shape index (κ2) is 9.23. The smallest absolute Gasteiger partial charge is 0.243 e. The molecule has 0 spiro atoms. The van der Waals surface area contributed by atoms with Crippen molar-refractivity contribution in [1.82, 2.24) is 5.48 Å². The molecule has 0 fully saturated rings. The molecule has 1 aromatic rings. The molecule has 1 rings (SSSR count). The quantitative estimate of drug-likeness (QED) is 0.367. The van der Waals surface area contributed by atoms with E-state index in [4.69, 9.17) is 5.21 Å². The first kappa shape index (κ1) is 16.3. The number of aliphatic hydroxyl groups excluding tert-OH is 1. The van der Waals surface area contributed by atoms with Gasteiger partial charge in [0.15, 0.2) is 0 Å². The third-order valence-electron chi connectivity index (χ3n) is 3.12. The largest absolute Gasteiger partial charge is 0.388 e. The minimum atomic E-state index is -0.611. The van der Waals surface area contributed by atoms with E-state index in [9.17, 15) is 14.7 Å². The van der Waals surface area contributed by atoms with Gasteiger partial charge in [0.25, 0.3) is 0 Å². The van der Waals surface area contributed by atoms with Gasteiger partial charge in [-0.25, -0.2) is 5.48 Å². The maximum Gasteiger partial charge on any atom is 0.243 e. The number of hydroxylamine groups is 1. The molecule has 110 valence electrons. The molecule has 0 heterocycles. The maximum atomic E-state index is 11.6. The standard InChI is InChI=1S/C15H21NO4/c17-13(8-4-5-9-15(19)16-20)10-11-14(18)12-6-2-1-3-7-12/h1-3,6-7,14,18,20H,4-5,8-11H2,(H,16,19). The maximum absolute atomic E-state index is 11.6. The zero-order valence-electron chi connectivity index (χ0n) is 11.4. The molecule has 1 atom stereocenters. The Morgan fingerprint density at radius 3 is 2.35 bits per heavy atom. The second-order valence-corrected chi connectivity index (χ2v) is 4.75. The van der Waals surface area contributed by atoms with Crippen molar-refractivity contribution in [2.45, 2.75) is 44.6 Å². The van der Waals surface area contributed by atoms with E-state index in [1.54, 1.807) is 5.48 Å². The van der Waals surface area contributed by atoms with Crippen molar-refractivity contribution in [2.24, 2.45) is 0 Å². The highest BCUT2D eigenvalue weighted by molar-refractivity contribution is 5.78. The average molecular weight is 279 g/mol. The van der Waals surface area contributed by atoms with Gasteiger partial charge in [-0.05, 0) is 24.8 Å². The highest BCUT2D eigenvalue weighted by Gasteiger charge is 2.10. The fraction of sp³-hybridized carbons (Fsp3) is 0.467. The number of hydrogen-bond acceptors (Lipinski definition) is 4. The Balaban J connectivity index is 2.15. The van der Waals surface area contributed by atoms with Crippen LogP contribution in [0, 0.1) is 0 Å². The van der Waals surface area contributed by atoms with Crippen LogP contribution in [-0.4, -0.2) is 22.0 Å². The lowest BCUT2D eigenvalue weighted by atomic mass is 10.0. The molecule has 3 N–H and O–H groups in total. The van der Waals surface area contributed by atoms with Gasteiger partial charge in [0.1, 0.15) is 5.78 Å². The number of rotatable bonds is 9. The topological polar surface area (TPSA) is 86.6 Å². The van der Waals surface area contributed by atoms with Gasteiger partial charge in [-0.15, -0.1) is 0 Å². The number of unbranched alkanes of at least 4 members (excludes halogenated alkanes) is 1. The van der Waals surface area contributed by atoms with E-state index in [1.807, 2.05) is 30.3 Å². The third-order valence-corrected chi connectivity index (χ3v) is 3.12. The monoisotopic (exact) mass is 279 g/mol. The van der Waals surface area contributed by atoms with Crippen LogP contribution in [0.15, 0.2) is 30.3 Å². The number of hydrogen-bond donors (Lipinski definition) is 3.